The summed E-state index contributed by atoms with van der Waals surface area (Å²) < 4.78 is 12.4. The van der Waals surface area contributed by atoms with Crippen LogP contribution in [0.1, 0.15) is 119 Å². The molecule has 4 saturated carbocycles. The van der Waals surface area contributed by atoms with E-state index in [0.29, 0.717) is 16.7 Å². The van der Waals surface area contributed by atoms with Gasteiger partial charge < -0.3 is 30.1 Å². The molecule has 14 atom stereocenters. The molecule has 0 aromatic rings. The third kappa shape index (κ3) is 6.08. The van der Waals surface area contributed by atoms with E-state index in [-0.39, 0.29) is 12.0 Å². The van der Waals surface area contributed by atoms with Gasteiger partial charge in [-0.05, 0) is 110 Å². The zero-order chi connectivity index (χ0) is 30.4. The monoisotopic (exact) mass is 591 g/mol. The molecular formula is C35H61NO6. The number of ether oxygens (including phenoxy) is 2. The van der Waals surface area contributed by atoms with Crippen molar-refractivity contribution in [1.29, 1.82) is 0 Å². The smallest absolute Gasteiger partial charge is 0.217 e. The number of aliphatic hydroxyl groups is 3. The van der Waals surface area contributed by atoms with Gasteiger partial charge in [0.15, 0.2) is 6.29 Å². The Morgan fingerprint density at radius 1 is 0.952 bits per heavy atom. The van der Waals surface area contributed by atoms with E-state index < -0.39 is 37.3 Å². The maximum atomic E-state index is 11.9. The lowest BCUT2D eigenvalue weighted by Crippen LogP contribution is -2.65. The Kier molecular flexibility index (Phi) is 10.1. The molecule has 4 aliphatic carbocycles. The van der Waals surface area contributed by atoms with Crippen LogP contribution >= 0.6 is 0 Å². The second-order valence-electron chi connectivity index (χ2n) is 16.2. The van der Waals surface area contributed by atoms with E-state index in [4.69, 9.17) is 9.47 Å². The minimum Gasteiger partial charge on any atom is -0.394 e. The topological polar surface area (TPSA) is 108 Å². The van der Waals surface area contributed by atoms with E-state index in [2.05, 4.69) is 39.9 Å². The van der Waals surface area contributed by atoms with E-state index >= 15 is 0 Å². The average Bonchev–Trinajstić information content (AvgIpc) is 3.29. The first-order valence-corrected chi connectivity index (χ1v) is 17.4. The summed E-state index contributed by atoms with van der Waals surface area (Å²) >= 11 is 0. The molecule has 0 aromatic carbocycles. The van der Waals surface area contributed by atoms with Crippen molar-refractivity contribution in [2.24, 2.45) is 52.3 Å². The third-order valence-corrected chi connectivity index (χ3v) is 13.4. The number of aliphatic hydroxyl groups excluding tert-OH is 3. The fraction of sp³-hybridized carbons (Fsp3) is 0.971. The number of carbonyl (C=O) groups excluding carboxylic acids is 1. The highest BCUT2D eigenvalue weighted by atomic mass is 16.7. The van der Waals surface area contributed by atoms with Crippen molar-refractivity contribution in [3.05, 3.63) is 0 Å². The number of carbonyl (C=O) groups is 1. The van der Waals surface area contributed by atoms with Crippen molar-refractivity contribution >= 4 is 5.91 Å². The van der Waals surface area contributed by atoms with E-state index in [1.807, 2.05) is 0 Å². The molecule has 5 rings (SSSR count). The van der Waals surface area contributed by atoms with Gasteiger partial charge in [0.25, 0.3) is 0 Å². The van der Waals surface area contributed by atoms with Gasteiger partial charge in [0.2, 0.25) is 5.91 Å². The Morgan fingerprint density at radius 2 is 1.67 bits per heavy atom. The molecule has 7 heteroatoms. The number of nitrogens with one attached hydrogen (secondary N) is 1. The normalized spacial score (nSPS) is 47.8. The highest BCUT2D eigenvalue weighted by Gasteiger charge is 2.61. The standard InChI is InChI=1S/C35H61NO6/c1-20(2)8-7-9-21(3)26-12-13-27-25-11-10-23-18-24(14-16-34(23,5)28(25)15-17-35(26,27)6)41-33-30(36-22(4)38)32(40)31(39)29(19-37)42-33/h20-21,23-33,37,39-40H,7-19H2,1-6H3,(H,36,38)/t21-,23?,24+,25?,26-,27?,28?,29?,30?,31-,32-,33+,34+,35-/m1/s1. The summed E-state index contributed by atoms with van der Waals surface area (Å²) in [6, 6.07) is -0.872. The van der Waals surface area contributed by atoms with Gasteiger partial charge in [-0.15, -0.1) is 0 Å². The lowest BCUT2D eigenvalue weighted by Gasteiger charge is -2.61. The Bertz CT molecular complexity index is 929. The Morgan fingerprint density at radius 3 is 2.36 bits per heavy atom. The van der Waals surface area contributed by atoms with Crippen LogP contribution in [0.5, 0.6) is 0 Å². The average molecular weight is 592 g/mol. The minimum absolute atomic E-state index is 0.0286. The van der Waals surface area contributed by atoms with Crippen molar-refractivity contribution in [3.63, 3.8) is 0 Å². The SMILES string of the molecule is CC(=O)NC1[C@@H](O[C@H]2CC[C@@]3(C)C(CCC4C3CC[C@@]3(C)C4CC[C@@H]3[C@H](C)CCCC(C)C)C2)OC(CO)[C@@H](O)[C@@H]1O. The highest BCUT2D eigenvalue weighted by molar-refractivity contribution is 5.73. The molecule has 0 bridgehead atoms. The number of amides is 1. The Hall–Kier alpha value is -0.730. The summed E-state index contributed by atoms with van der Waals surface area (Å²) in [6.45, 7) is 13.5. The van der Waals surface area contributed by atoms with Crippen LogP contribution in [0.3, 0.4) is 0 Å². The predicted octanol–water partition coefficient (Wildman–Crippen LogP) is 5.44. The van der Waals surface area contributed by atoms with Gasteiger partial charge in [-0.1, -0.05) is 53.9 Å². The van der Waals surface area contributed by atoms with Crippen molar-refractivity contribution in [2.75, 3.05) is 6.61 Å². The molecule has 42 heavy (non-hydrogen) atoms. The first kappa shape index (κ1) is 32.7. The lowest BCUT2D eigenvalue weighted by atomic mass is 9.44. The maximum absolute atomic E-state index is 11.9. The summed E-state index contributed by atoms with van der Waals surface area (Å²) in [6.07, 6.45) is 10.9. The summed E-state index contributed by atoms with van der Waals surface area (Å²) in [5.74, 6) is 5.32. The number of hydrogen-bond donors (Lipinski definition) is 4. The van der Waals surface area contributed by atoms with Crippen LogP contribution < -0.4 is 5.32 Å². The van der Waals surface area contributed by atoms with Crippen molar-refractivity contribution < 1.29 is 29.6 Å². The zero-order valence-electron chi connectivity index (χ0n) is 27.3. The minimum atomic E-state index is -1.29. The molecular weight excluding hydrogens is 530 g/mol. The van der Waals surface area contributed by atoms with Gasteiger partial charge in [0, 0.05) is 6.92 Å². The molecule has 5 fully saturated rings. The second kappa shape index (κ2) is 12.9. The van der Waals surface area contributed by atoms with Gasteiger partial charge in [-0.3, -0.25) is 4.79 Å². The molecule has 242 valence electrons. The number of fused-ring (bicyclic) bond motifs is 5. The van der Waals surface area contributed by atoms with Crippen molar-refractivity contribution in [2.45, 2.75) is 155 Å². The Labute approximate surface area is 254 Å². The predicted molar refractivity (Wildman–Crippen MR) is 163 cm³/mol. The quantitative estimate of drug-likeness (QED) is 0.266. The summed E-state index contributed by atoms with van der Waals surface area (Å²) in [5, 5.41) is 33.5. The lowest BCUT2D eigenvalue weighted by molar-refractivity contribution is -0.288. The molecule has 0 aromatic heterocycles. The van der Waals surface area contributed by atoms with E-state index in [1.54, 1.807) is 0 Å². The first-order valence-electron chi connectivity index (χ1n) is 17.4. The summed E-state index contributed by atoms with van der Waals surface area (Å²) in [7, 11) is 0. The zero-order valence-corrected chi connectivity index (χ0v) is 27.3. The molecule has 4 N–H and O–H groups in total. The van der Waals surface area contributed by atoms with Crippen LogP contribution in [-0.2, 0) is 14.3 Å². The number of hydrogen-bond acceptors (Lipinski definition) is 6. The van der Waals surface area contributed by atoms with E-state index in [0.717, 1.165) is 54.8 Å². The van der Waals surface area contributed by atoms with Crippen LogP contribution in [-0.4, -0.2) is 64.6 Å². The molecule has 5 aliphatic rings. The molecule has 6 unspecified atom stereocenters. The fourth-order valence-corrected chi connectivity index (χ4v) is 11.1. The molecule has 0 spiro atoms. The summed E-state index contributed by atoms with van der Waals surface area (Å²) in [4.78, 5) is 11.9. The van der Waals surface area contributed by atoms with Crippen LogP contribution in [0.25, 0.3) is 0 Å². The van der Waals surface area contributed by atoms with Crippen LogP contribution in [0.15, 0.2) is 0 Å². The molecule has 1 saturated heterocycles. The van der Waals surface area contributed by atoms with E-state index in [1.165, 1.54) is 64.7 Å². The van der Waals surface area contributed by atoms with Crippen LogP contribution in [0.2, 0.25) is 0 Å². The second-order valence-corrected chi connectivity index (χ2v) is 16.2. The van der Waals surface area contributed by atoms with Gasteiger partial charge in [-0.2, -0.15) is 0 Å². The van der Waals surface area contributed by atoms with Crippen LogP contribution in [0.4, 0.5) is 0 Å². The summed E-state index contributed by atoms with van der Waals surface area (Å²) in [5.41, 5.74) is 0.840. The third-order valence-electron chi connectivity index (χ3n) is 13.4. The van der Waals surface area contributed by atoms with Gasteiger partial charge >= 0.3 is 0 Å². The van der Waals surface area contributed by atoms with Gasteiger partial charge in [0.05, 0.1) is 12.7 Å². The van der Waals surface area contributed by atoms with Crippen molar-refractivity contribution in [3.8, 4) is 0 Å². The highest BCUT2D eigenvalue weighted by Crippen LogP contribution is 2.68. The molecule has 7 nitrogen and oxygen atoms in total. The number of rotatable bonds is 9. The van der Waals surface area contributed by atoms with Crippen LogP contribution in [0, 0.1) is 52.3 Å². The molecule has 1 aliphatic heterocycles. The maximum Gasteiger partial charge on any atom is 0.217 e. The largest absolute Gasteiger partial charge is 0.394 e. The molecule has 0 radical (unpaired) electrons. The van der Waals surface area contributed by atoms with Gasteiger partial charge in [-0.25, -0.2) is 0 Å². The first-order chi connectivity index (χ1) is 19.9. The van der Waals surface area contributed by atoms with Gasteiger partial charge in [0.1, 0.15) is 24.4 Å². The van der Waals surface area contributed by atoms with Crippen molar-refractivity contribution in [1.82, 2.24) is 5.32 Å². The molecule has 1 heterocycles. The molecule has 1 amide bonds. The fourth-order valence-electron chi connectivity index (χ4n) is 11.1. The Balaban J connectivity index is 1.23. The van der Waals surface area contributed by atoms with E-state index in [9.17, 15) is 20.1 Å².